The van der Waals surface area contributed by atoms with E-state index >= 15 is 0 Å². The number of aromatic nitrogens is 1. The molecule has 1 N–H and O–H groups in total. The predicted octanol–water partition coefficient (Wildman–Crippen LogP) is 2.76. The molecule has 1 aliphatic heterocycles. The van der Waals surface area contributed by atoms with Gasteiger partial charge in [-0.3, -0.25) is 14.5 Å². The fourth-order valence-electron chi connectivity index (χ4n) is 3.59. The molecule has 2 aromatic rings. The zero-order valence-electron chi connectivity index (χ0n) is 16.8. The second-order valence-electron chi connectivity index (χ2n) is 6.80. The van der Waals surface area contributed by atoms with Crippen LogP contribution >= 0.6 is 12.2 Å². The van der Waals surface area contributed by atoms with E-state index in [-0.39, 0.29) is 18.4 Å². The van der Waals surface area contributed by atoms with Crippen LogP contribution in [0.15, 0.2) is 30.1 Å². The van der Waals surface area contributed by atoms with E-state index in [2.05, 4.69) is 18.3 Å². The minimum atomic E-state index is -0.156. The lowest BCUT2D eigenvalue weighted by Gasteiger charge is -2.19. The molecule has 0 bridgehead atoms. The molecule has 1 aromatic heterocycles. The normalized spacial score (nSPS) is 15.6. The molecule has 1 fully saturated rings. The number of likely N-dealkylation sites (N-methyl/N-ethyl adjacent to an activating group) is 2. The Labute approximate surface area is 170 Å². The average molecular weight is 399 g/mol. The number of benzene rings is 1. The largest absolute Gasteiger partial charge is 0.342 e. The molecule has 28 heavy (non-hydrogen) atoms. The monoisotopic (exact) mass is 398 g/mol. The first-order valence-electron chi connectivity index (χ1n) is 9.60. The zero-order chi connectivity index (χ0) is 20.4. The zero-order valence-corrected chi connectivity index (χ0v) is 17.6. The number of carbonyl (C=O) groups is 2. The summed E-state index contributed by atoms with van der Waals surface area (Å²) in [5.41, 5.74) is 3.56. The van der Waals surface area contributed by atoms with Crippen LogP contribution in [0.4, 0.5) is 0 Å². The van der Waals surface area contributed by atoms with Crippen molar-refractivity contribution in [3.8, 4) is 0 Å². The molecule has 1 saturated heterocycles. The summed E-state index contributed by atoms with van der Waals surface area (Å²) in [5.74, 6) is -0.0697. The fraction of sp³-hybridized carbons (Fsp3) is 0.381. The molecule has 0 radical (unpaired) electrons. The molecular formula is C21H26N4O2S. The summed E-state index contributed by atoms with van der Waals surface area (Å²) in [7, 11) is 1.65. The molecule has 0 atom stereocenters. The van der Waals surface area contributed by atoms with Crippen LogP contribution in [0.25, 0.3) is 17.0 Å². The number of fused-ring (bicyclic) bond motifs is 1. The van der Waals surface area contributed by atoms with Crippen LogP contribution < -0.4 is 5.32 Å². The van der Waals surface area contributed by atoms with Gasteiger partial charge in [0.05, 0.1) is 5.52 Å². The van der Waals surface area contributed by atoms with E-state index in [1.54, 1.807) is 7.05 Å². The van der Waals surface area contributed by atoms with Gasteiger partial charge >= 0.3 is 0 Å². The van der Waals surface area contributed by atoms with Crippen molar-refractivity contribution in [2.75, 3.05) is 20.1 Å². The van der Waals surface area contributed by atoms with Gasteiger partial charge in [-0.15, -0.1) is 0 Å². The van der Waals surface area contributed by atoms with Gasteiger partial charge in [0.15, 0.2) is 5.11 Å². The number of hydrogen-bond donors (Lipinski definition) is 1. The maximum Gasteiger partial charge on any atom is 0.276 e. The van der Waals surface area contributed by atoms with E-state index in [0.717, 1.165) is 22.9 Å². The molecule has 0 aliphatic carbocycles. The van der Waals surface area contributed by atoms with Crippen molar-refractivity contribution < 1.29 is 9.59 Å². The van der Waals surface area contributed by atoms with Crippen LogP contribution in [-0.2, 0) is 22.6 Å². The molecule has 1 aliphatic rings. The summed E-state index contributed by atoms with van der Waals surface area (Å²) in [4.78, 5) is 28.3. The van der Waals surface area contributed by atoms with Crippen molar-refractivity contribution >= 4 is 46.1 Å². The summed E-state index contributed by atoms with van der Waals surface area (Å²) < 4.78 is 2.00. The van der Waals surface area contributed by atoms with Crippen molar-refractivity contribution in [1.29, 1.82) is 0 Å². The number of carbonyl (C=O) groups excluding carboxylic acids is 2. The Bertz CT molecular complexity index is 972. The number of para-hydroxylation sites is 1. The summed E-state index contributed by atoms with van der Waals surface area (Å²) >= 11 is 5.16. The van der Waals surface area contributed by atoms with E-state index in [1.165, 1.54) is 10.5 Å². The van der Waals surface area contributed by atoms with E-state index in [0.29, 0.717) is 23.9 Å². The second kappa shape index (κ2) is 8.14. The molecule has 7 heteroatoms. The van der Waals surface area contributed by atoms with Gasteiger partial charge in [0, 0.05) is 37.3 Å². The number of rotatable bonds is 6. The first kappa shape index (κ1) is 20.1. The lowest BCUT2D eigenvalue weighted by atomic mass is 10.1. The van der Waals surface area contributed by atoms with Crippen molar-refractivity contribution in [2.24, 2.45) is 0 Å². The molecule has 0 spiro atoms. The fourth-order valence-corrected chi connectivity index (χ4v) is 3.78. The summed E-state index contributed by atoms with van der Waals surface area (Å²) in [6, 6.07) is 6.13. The predicted molar refractivity (Wildman–Crippen MR) is 116 cm³/mol. The smallest absolute Gasteiger partial charge is 0.276 e. The minimum Gasteiger partial charge on any atom is -0.342 e. The molecule has 0 unspecified atom stereocenters. The molecule has 2 amide bonds. The SMILES string of the molecule is CCc1cccc2c(/C=C3\NC(=S)N(C)C3=O)cn(CC(=O)N(CC)CC)c12. The maximum absolute atomic E-state index is 12.7. The number of nitrogens with one attached hydrogen (secondary N) is 1. The number of nitrogens with zero attached hydrogens (tertiary/aromatic N) is 3. The quantitative estimate of drug-likeness (QED) is 0.601. The third-order valence-electron chi connectivity index (χ3n) is 5.20. The van der Waals surface area contributed by atoms with E-state index in [1.807, 2.05) is 47.7 Å². The van der Waals surface area contributed by atoms with Crippen LogP contribution in [-0.4, -0.2) is 51.4 Å². The van der Waals surface area contributed by atoms with Crippen LogP contribution in [0.1, 0.15) is 31.9 Å². The van der Waals surface area contributed by atoms with E-state index in [9.17, 15) is 9.59 Å². The Kier molecular flexibility index (Phi) is 5.84. The van der Waals surface area contributed by atoms with Gasteiger partial charge in [0.2, 0.25) is 5.91 Å². The molecule has 6 nitrogen and oxygen atoms in total. The van der Waals surface area contributed by atoms with Crippen LogP contribution in [0.5, 0.6) is 0 Å². The Morgan fingerprint density at radius 2 is 1.96 bits per heavy atom. The Morgan fingerprint density at radius 3 is 2.54 bits per heavy atom. The molecule has 1 aromatic carbocycles. The Morgan fingerprint density at radius 1 is 1.25 bits per heavy atom. The standard InChI is InChI=1S/C21H26N4O2S/c1-5-14-9-8-10-16-15(11-17-20(27)23(4)21(28)22-17)12-25(19(14)16)13-18(26)24(6-2)7-3/h8-12H,5-7,13H2,1-4H3,(H,22,28)/b17-11-. The molecule has 2 heterocycles. The van der Waals surface area contributed by atoms with Crippen molar-refractivity contribution in [3.05, 3.63) is 41.2 Å². The highest BCUT2D eigenvalue weighted by molar-refractivity contribution is 7.80. The van der Waals surface area contributed by atoms with Gasteiger partial charge in [0.1, 0.15) is 12.2 Å². The summed E-state index contributed by atoms with van der Waals surface area (Å²) in [6.07, 6.45) is 4.63. The lowest BCUT2D eigenvalue weighted by molar-refractivity contribution is -0.131. The molecule has 3 rings (SSSR count). The van der Waals surface area contributed by atoms with Gasteiger partial charge in [-0.1, -0.05) is 25.1 Å². The van der Waals surface area contributed by atoms with Crippen molar-refractivity contribution in [1.82, 2.24) is 19.7 Å². The van der Waals surface area contributed by atoms with E-state index < -0.39 is 0 Å². The minimum absolute atomic E-state index is 0.0861. The van der Waals surface area contributed by atoms with Crippen LogP contribution in [0, 0.1) is 0 Å². The highest BCUT2D eigenvalue weighted by Crippen LogP contribution is 2.28. The molecular weight excluding hydrogens is 372 g/mol. The van der Waals surface area contributed by atoms with E-state index in [4.69, 9.17) is 12.2 Å². The van der Waals surface area contributed by atoms with Crippen LogP contribution in [0.3, 0.4) is 0 Å². The molecule has 148 valence electrons. The summed E-state index contributed by atoms with van der Waals surface area (Å²) in [6.45, 7) is 7.73. The maximum atomic E-state index is 12.7. The van der Waals surface area contributed by atoms with Gasteiger partial charge in [0.25, 0.3) is 5.91 Å². The van der Waals surface area contributed by atoms with Gasteiger partial charge in [-0.2, -0.15) is 0 Å². The second-order valence-corrected chi connectivity index (χ2v) is 7.18. The third kappa shape index (κ3) is 3.54. The summed E-state index contributed by atoms with van der Waals surface area (Å²) in [5, 5.41) is 4.38. The first-order valence-corrected chi connectivity index (χ1v) is 10.0. The van der Waals surface area contributed by atoms with Gasteiger partial charge < -0.3 is 14.8 Å². The van der Waals surface area contributed by atoms with Gasteiger partial charge in [-0.05, 0) is 44.1 Å². The Hall–Kier alpha value is -2.67. The third-order valence-corrected chi connectivity index (χ3v) is 5.57. The van der Waals surface area contributed by atoms with Crippen molar-refractivity contribution in [2.45, 2.75) is 33.7 Å². The molecule has 0 saturated carbocycles. The number of aryl methyl sites for hydroxylation is 1. The Balaban J connectivity index is 2.09. The lowest BCUT2D eigenvalue weighted by Crippen LogP contribution is -2.33. The number of hydrogen-bond acceptors (Lipinski definition) is 3. The highest BCUT2D eigenvalue weighted by atomic mass is 32.1. The number of amides is 2. The number of thiocarbonyl (C=S) groups is 1. The average Bonchev–Trinajstić information content (AvgIpc) is 3.15. The van der Waals surface area contributed by atoms with Crippen molar-refractivity contribution in [3.63, 3.8) is 0 Å². The highest BCUT2D eigenvalue weighted by Gasteiger charge is 2.27. The van der Waals surface area contributed by atoms with Gasteiger partial charge in [-0.25, -0.2) is 0 Å². The topological polar surface area (TPSA) is 57.6 Å². The first-order chi connectivity index (χ1) is 13.4. The van der Waals surface area contributed by atoms with Crippen LogP contribution in [0.2, 0.25) is 0 Å².